The largest absolute Gasteiger partial charge is 0.271 e. The van der Waals surface area contributed by atoms with Gasteiger partial charge in [-0.05, 0) is 36.1 Å². The van der Waals surface area contributed by atoms with Crippen LogP contribution in [-0.4, -0.2) is 0 Å². The Morgan fingerprint density at radius 3 is 2.60 bits per heavy atom. The van der Waals surface area contributed by atoms with Crippen molar-refractivity contribution in [2.24, 2.45) is 5.84 Å². The topological polar surface area (TPSA) is 38.0 Å². The molecule has 0 heterocycles. The highest BCUT2D eigenvalue weighted by Gasteiger charge is 2.17. The molecule has 0 saturated carbocycles. The van der Waals surface area contributed by atoms with E-state index in [0.29, 0.717) is 17.0 Å². The molecule has 20 heavy (non-hydrogen) atoms. The van der Waals surface area contributed by atoms with Gasteiger partial charge in [0.1, 0.15) is 5.82 Å². The third-order valence-corrected chi connectivity index (χ3v) is 3.84. The van der Waals surface area contributed by atoms with Gasteiger partial charge in [-0.1, -0.05) is 48.9 Å². The third-order valence-electron chi connectivity index (χ3n) is 3.48. The average Bonchev–Trinajstić information content (AvgIpc) is 2.47. The van der Waals surface area contributed by atoms with E-state index in [9.17, 15) is 4.39 Å². The lowest BCUT2D eigenvalue weighted by atomic mass is 9.94. The molecule has 0 saturated heterocycles. The lowest BCUT2D eigenvalue weighted by molar-refractivity contribution is 0.526. The minimum Gasteiger partial charge on any atom is -0.271 e. The minimum absolute atomic E-state index is 0.166. The lowest BCUT2D eigenvalue weighted by Crippen LogP contribution is -2.30. The Hall–Kier alpha value is -1.42. The molecule has 0 aliphatic carbocycles. The highest BCUT2D eigenvalue weighted by molar-refractivity contribution is 6.31. The molecule has 0 aromatic heterocycles. The fourth-order valence-corrected chi connectivity index (χ4v) is 2.63. The van der Waals surface area contributed by atoms with Gasteiger partial charge in [-0.2, -0.15) is 0 Å². The zero-order valence-corrected chi connectivity index (χ0v) is 12.1. The fourth-order valence-electron chi connectivity index (χ4n) is 2.39. The van der Waals surface area contributed by atoms with Crippen LogP contribution in [0.15, 0.2) is 42.5 Å². The second-order valence-corrected chi connectivity index (χ2v) is 5.08. The smallest absolute Gasteiger partial charge is 0.127 e. The van der Waals surface area contributed by atoms with Crippen molar-refractivity contribution >= 4 is 11.6 Å². The summed E-state index contributed by atoms with van der Waals surface area (Å²) in [5.41, 5.74) is 5.54. The summed E-state index contributed by atoms with van der Waals surface area (Å²) in [6.45, 7) is 2.09. The molecule has 0 bridgehead atoms. The predicted molar refractivity (Wildman–Crippen MR) is 81.0 cm³/mol. The van der Waals surface area contributed by atoms with Gasteiger partial charge in [-0.25, -0.2) is 4.39 Å². The van der Waals surface area contributed by atoms with Gasteiger partial charge in [0, 0.05) is 10.6 Å². The zero-order valence-electron chi connectivity index (χ0n) is 11.4. The third kappa shape index (κ3) is 3.18. The summed E-state index contributed by atoms with van der Waals surface area (Å²) >= 11 is 6.08. The summed E-state index contributed by atoms with van der Waals surface area (Å²) in [5.74, 6) is 5.36. The average molecular weight is 293 g/mol. The first-order chi connectivity index (χ1) is 9.67. The van der Waals surface area contributed by atoms with Gasteiger partial charge in [0.2, 0.25) is 0 Å². The molecule has 1 unspecified atom stereocenters. The maximum atomic E-state index is 13.9. The molecule has 106 valence electrons. The first-order valence-corrected chi connectivity index (χ1v) is 7.02. The Morgan fingerprint density at radius 2 is 1.95 bits per heavy atom. The van der Waals surface area contributed by atoms with E-state index >= 15 is 0 Å². The Balaban J connectivity index is 2.34. The first kappa shape index (κ1) is 15.0. The van der Waals surface area contributed by atoms with Crippen LogP contribution in [0.4, 0.5) is 4.39 Å². The van der Waals surface area contributed by atoms with E-state index in [1.54, 1.807) is 12.1 Å². The fraction of sp³-hybridized carbons (Fsp3) is 0.250. The second-order valence-electron chi connectivity index (χ2n) is 4.68. The van der Waals surface area contributed by atoms with Crippen molar-refractivity contribution in [2.75, 3.05) is 0 Å². The van der Waals surface area contributed by atoms with Crippen molar-refractivity contribution in [1.82, 2.24) is 5.43 Å². The Labute approximate surface area is 123 Å². The molecular formula is C16H18ClFN2. The van der Waals surface area contributed by atoms with E-state index in [4.69, 9.17) is 17.4 Å². The van der Waals surface area contributed by atoms with Crippen LogP contribution in [0.5, 0.6) is 0 Å². The summed E-state index contributed by atoms with van der Waals surface area (Å²) < 4.78 is 13.9. The number of nitrogens with two attached hydrogens (primary N) is 1. The molecule has 2 nitrogen and oxygen atoms in total. The van der Waals surface area contributed by atoms with E-state index in [-0.39, 0.29) is 11.9 Å². The van der Waals surface area contributed by atoms with Gasteiger partial charge in [0.15, 0.2) is 0 Å². The maximum Gasteiger partial charge on any atom is 0.127 e. The Bertz CT molecular complexity index is 566. The molecule has 0 amide bonds. The van der Waals surface area contributed by atoms with Crippen molar-refractivity contribution in [2.45, 2.75) is 25.8 Å². The van der Waals surface area contributed by atoms with Crippen molar-refractivity contribution < 1.29 is 4.39 Å². The van der Waals surface area contributed by atoms with Crippen molar-refractivity contribution in [1.29, 1.82) is 0 Å². The number of nitrogens with one attached hydrogen (secondary N) is 1. The van der Waals surface area contributed by atoms with E-state index < -0.39 is 0 Å². The Kier molecular flexibility index (Phi) is 5.12. The van der Waals surface area contributed by atoms with Gasteiger partial charge < -0.3 is 0 Å². The summed E-state index contributed by atoms with van der Waals surface area (Å²) in [5, 5.41) is 0.430. The maximum absolute atomic E-state index is 13.9. The van der Waals surface area contributed by atoms with Crippen LogP contribution in [0.25, 0.3) is 0 Å². The summed E-state index contributed by atoms with van der Waals surface area (Å²) in [4.78, 5) is 0. The van der Waals surface area contributed by atoms with Crippen LogP contribution in [0.1, 0.15) is 29.7 Å². The van der Waals surface area contributed by atoms with Crippen molar-refractivity contribution in [3.05, 3.63) is 70.0 Å². The van der Waals surface area contributed by atoms with Crippen LogP contribution >= 0.6 is 11.6 Å². The number of hydrogen-bond donors (Lipinski definition) is 2. The Morgan fingerprint density at radius 1 is 1.20 bits per heavy atom. The van der Waals surface area contributed by atoms with Gasteiger partial charge in [-0.15, -0.1) is 0 Å². The van der Waals surface area contributed by atoms with Crippen LogP contribution < -0.4 is 11.3 Å². The number of rotatable bonds is 5. The standard InChI is InChI=1S/C16H18ClFN2/c1-2-11-6-3-4-7-12(11)16(20-19)10-13-14(17)8-5-9-15(13)18/h3-9,16,20H,2,10,19H2,1H3. The molecule has 2 aromatic rings. The number of hydrogen-bond acceptors (Lipinski definition) is 2. The van der Waals surface area contributed by atoms with Crippen molar-refractivity contribution in [3.63, 3.8) is 0 Å². The highest BCUT2D eigenvalue weighted by atomic mass is 35.5. The molecule has 2 rings (SSSR count). The monoisotopic (exact) mass is 292 g/mol. The van der Waals surface area contributed by atoms with Crippen LogP contribution in [0.2, 0.25) is 5.02 Å². The van der Waals surface area contributed by atoms with Crippen LogP contribution in [0, 0.1) is 5.82 Å². The van der Waals surface area contributed by atoms with E-state index in [0.717, 1.165) is 12.0 Å². The molecule has 4 heteroatoms. The molecule has 3 N–H and O–H groups in total. The lowest BCUT2D eigenvalue weighted by Gasteiger charge is -2.20. The molecule has 1 atom stereocenters. The van der Waals surface area contributed by atoms with Gasteiger partial charge >= 0.3 is 0 Å². The number of halogens is 2. The van der Waals surface area contributed by atoms with Crippen molar-refractivity contribution in [3.8, 4) is 0 Å². The summed E-state index contributed by atoms with van der Waals surface area (Å²) in [7, 11) is 0. The summed E-state index contributed by atoms with van der Waals surface area (Å²) in [6.07, 6.45) is 1.32. The molecule has 0 fully saturated rings. The highest BCUT2D eigenvalue weighted by Crippen LogP contribution is 2.27. The molecule has 0 spiro atoms. The van der Waals surface area contributed by atoms with Gasteiger partial charge in [0.05, 0.1) is 6.04 Å². The summed E-state index contributed by atoms with van der Waals surface area (Å²) in [6, 6.07) is 12.6. The first-order valence-electron chi connectivity index (χ1n) is 6.64. The van der Waals surface area contributed by atoms with Crippen LogP contribution in [-0.2, 0) is 12.8 Å². The van der Waals surface area contributed by atoms with Crippen LogP contribution in [0.3, 0.4) is 0 Å². The predicted octanol–water partition coefficient (Wildman–Crippen LogP) is 3.79. The normalized spacial score (nSPS) is 12.4. The quantitative estimate of drug-likeness (QED) is 0.650. The molecule has 0 radical (unpaired) electrons. The molecular weight excluding hydrogens is 275 g/mol. The molecule has 2 aromatic carbocycles. The van der Waals surface area contributed by atoms with E-state index in [1.807, 2.05) is 18.2 Å². The number of benzene rings is 2. The van der Waals surface area contributed by atoms with Gasteiger partial charge in [0.25, 0.3) is 0 Å². The number of aryl methyl sites for hydroxylation is 1. The zero-order chi connectivity index (χ0) is 14.5. The van der Waals surface area contributed by atoms with Gasteiger partial charge in [-0.3, -0.25) is 11.3 Å². The van der Waals surface area contributed by atoms with E-state index in [2.05, 4.69) is 18.4 Å². The minimum atomic E-state index is -0.299. The van der Waals surface area contributed by atoms with E-state index in [1.165, 1.54) is 11.6 Å². The second kappa shape index (κ2) is 6.84. The molecule has 0 aliphatic heterocycles. The SMILES string of the molecule is CCc1ccccc1C(Cc1c(F)cccc1Cl)NN. The molecule has 0 aliphatic rings. The number of hydrazine groups is 1.